The van der Waals surface area contributed by atoms with Crippen LogP contribution in [0.1, 0.15) is 12.8 Å². The summed E-state index contributed by atoms with van der Waals surface area (Å²) in [5.74, 6) is 0.727. The SMILES string of the molecule is Nc1nc(Cl)cc(N2CCC(Nc3ccc(F)cc3)CC2)n1. The van der Waals surface area contributed by atoms with E-state index in [9.17, 15) is 4.39 Å². The van der Waals surface area contributed by atoms with Crippen molar-refractivity contribution >= 4 is 29.1 Å². The molecule has 1 saturated heterocycles. The Balaban J connectivity index is 1.59. The van der Waals surface area contributed by atoms with E-state index in [1.165, 1.54) is 12.1 Å². The maximum atomic E-state index is 12.9. The van der Waals surface area contributed by atoms with Crippen LogP contribution in [0.2, 0.25) is 5.15 Å². The van der Waals surface area contributed by atoms with Crippen LogP contribution in [0.4, 0.5) is 21.8 Å². The first kappa shape index (κ1) is 14.8. The standard InChI is InChI=1S/C15H17ClFN5/c16-13-9-14(21-15(18)20-13)22-7-5-12(6-8-22)19-11-3-1-10(17)2-4-11/h1-4,9,12,19H,5-8H2,(H2,18,20,21). The van der Waals surface area contributed by atoms with Crippen molar-refractivity contribution in [2.75, 3.05) is 29.0 Å². The van der Waals surface area contributed by atoms with Crippen LogP contribution in [-0.2, 0) is 0 Å². The van der Waals surface area contributed by atoms with Crippen molar-refractivity contribution in [3.05, 3.63) is 41.3 Å². The number of aromatic nitrogens is 2. The molecule has 22 heavy (non-hydrogen) atoms. The van der Waals surface area contributed by atoms with E-state index >= 15 is 0 Å². The molecule has 2 heterocycles. The van der Waals surface area contributed by atoms with E-state index in [4.69, 9.17) is 17.3 Å². The zero-order valence-electron chi connectivity index (χ0n) is 12.0. The molecule has 0 amide bonds. The summed E-state index contributed by atoms with van der Waals surface area (Å²) in [6, 6.07) is 8.52. The minimum Gasteiger partial charge on any atom is -0.382 e. The van der Waals surface area contributed by atoms with Crippen molar-refractivity contribution in [2.45, 2.75) is 18.9 Å². The fourth-order valence-corrected chi connectivity index (χ4v) is 2.80. The van der Waals surface area contributed by atoms with E-state index in [1.807, 2.05) is 0 Å². The summed E-state index contributed by atoms with van der Waals surface area (Å²) >= 11 is 5.92. The molecule has 1 aromatic heterocycles. The minimum atomic E-state index is -0.224. The van der Waals surface area contributed by atoms with Crippen LogP contribution in [0.15, 0.2) is 30.3 Å². The molecule has 0 atom stereocenters. The van der Waals surface area contributed by atoms with Gasteiger partial charge in [0.1, 0.15) is 16.8 Å². The van der Waals surface area contributed by atoms with Crippen molar-refractivity contribution in [1.29, 1.82) is 0 Å². The van der Waals surface area contributed by atoms with Gasteiger partial charge in [0, 0.05) is 30.9 Å². The van der Waals surface area contributed by atoms with Gasteiger partial charge < -0.3 is 16.0 Å². The zero-order chi connectivity index (χ0) is 15.5. The van der Waals surface area contributed by atoms with Gasteiger partial charge in [0.15, 0.2) is 0 Å². The molecule has 5 nitrogen and oxygen atoms in total. The maximum absolute atomic E-state index is 12.9. The number of nitrogens with one attached hydrogen (secondary N) is 1. The van der Waals surface area contributed by atoms with Gasteiger partial charge in [-0.15, -0.1) is 0 Å². The number of rotatable bonds is 3. The van der Waals surface area contributed by atoms with E-state index in [-0.39, 0.29) is 11.8 Å². The highest BCUT2D eigenvalue weighted by atomic mass is 35.5. The highest BCUT2D eigenvalue weighted by Crippen LogP contribution is 2.23. The normalized spacial score (nSPS) is 15.8. The van der Waals surface area contributed by atoms with Crippen LogP contribution >= 0.6 is 11.6 Å². The van der Waals surface area contributed by atoms with E-state index in [1.54, 1.807) is 18.2 Å². The average Bonchev–Trinajstić information content (AvgIpc) is 2.49. The van der Waals surface area contributed by atoms with Crippen molar-refractivity contribution in [3.8, 4) is 0 Å². The third-order valence-corrected chi connectivity index (χ3v) is 3.93. The van der Waals surface area contributed by atoms with Gasteiger partial charge in [-0.3, -0.25) is 0 Å². The van der Waals surface area contributed by atoms with Crippen LogP contribution in [0, 0.1) is 5.82 Å². The molecule has 7 heteroatoms. The molecule has 1 aliphatic rings. The molecule has 1 aliphatic heterocycles. The lowest BCUT2D eigenvalue weighted by Gasteiger charge is -2.33. The van der Waals surface area contributed by atoms with Gasteiger partial charge in [0.2, 0.25) is 5.95 Å². The smallest absolute Gasteiger partial charge is 0.223 e. The molecule has 0 bridgehead atoms. The first-order valence-electron chi connectivity index (χ1n) is 7.17. The summed E-state index contributed by atoms with van der Waals surface area (Å²) in [6.45, 7) is 1.71. The third-order valence-electron chi connectivity index (χ3n) is 3.73. The lowest BCUT2D eigenvalue weighted by atomic mass is 10.0. The molecule has 1 fully saturated rings. The average molecular weight is 322 g/mol. The quantitative estimate of drug-likeness (QED) is 0.851. The molecule has 116 valence electrons. The fraction of sp³-hybridized carbons (Fsp3) is 0.333. The molecule has 3 rings (SSSR count). The summed E-state index contributed by atoms with van der Waals surface area (Å²) in [5.41, 5.74) is 6.57. The van der Waals surface area contributed by atoms with Crippen LogP contribution in [0.5, 0.6) is 0 Å². The van der Waals surface area contributed by atoms with Crippen LogP contribution in [0.3, 0.4) is 0 Å². The first-order valence-corrected chi connectivity index (χ1v) is 7.55. The summed E-state index contributed by atoms with van der Waals surface area (Å²) in [7, 11) is 0. The minimum absolute atomic E-state index is 0.189. The summed E-state index contributed by atoms with van der Waals surface area (Å²) < 4.78 is 12.9. The molecule has 2 aromatic rings. The molecule has 3 N–H and O–H groups in total. The Morgan fingerprint density at radius 3 is 2.50 bits per heavy atom. The van der Waals surface area contributed by atoms with Gasteiger partial charge in [-0.2, -0.15) is 4.98 Å². The Kier molecular flexibility index (Phi) is 4.29. The summed E-state index contributed by atoms with van der Waals surface area (Å²) in [4.78, 5) is 10.2. The highest BCUT2D eigenvalue weighted by Gasteiger charge is 2.20. The molecule has 0 unspecified atom stereocenters. The Labute approximate surface area is 133 Å². The van der Waals surface area contributed by atoms with Crippen molar-refractivity contribution in [2.24, 2.45) is 0 Å². The van der Waals surface area contributed by atoms with Gasteiger partial charge in [-0.25, -0.2) is 9.37 Å². The van der Waals surface area contributed by atoms with Gasteiger partial charge >= 0.3 is 0 Å². The Morgan fingerprint density at radius 2 is 1.86 bits per heavy atom. The van der Waals surface area contributed by atoms with Crippen molar-refractivity contribution in [1.82, 2.24) is 9.97 Å². The summed E-state index contributed by atoms with van der Waals surface area (Å²) in [5, 5.41) is 3.78. The second-order valence-corrected chi connectivity index (χ2v) is 5.71. The third kappa shape index (κ3) is 3.57. The predicted molar refractivity (Wildman–Crippen MR) is 86.7 cm³/mol. The van der Waals surface area contributed by atoms with E-state index in [0.717, 1.165) is 37.4 Å². The molecule has 0 radical (unpaired) electrons. The van der Waals surface area contributed by atoms with Crippen LogP contribution < -0.4 is 16.0 Å². The predicted octanol–water partition coefficient (Wildman–Crippen LogP) is 2.93. The number of nitrogens with two attached hydrogens (primary N) is 1. The molecular weight excluding hydrogens is 305 g/mol. The molecule has 0 saturated carbocycles. The zero-order valence-corrected chi connectivity index (χ0v) is 12.7. The number of anilines is 3. The number of piperidine rings is 1. The number of nitrogens with zero attached hydrogens (tertiary/aromatic N) is 3. The molecule has 0 aliphatic carbocycles. The lowest BCUT2D eigenvalue weighted by Crippen LogP contribution is -2.39. The van der Waals surface area contributed by atoms with Crippen LogP contribution in [-0.4, -0.2) is 29.1 Å². The monoisotopic (exact) mass is 321 g/mol. The van der Waals surface area contributed by atoms with Crippen molar-refractivity contribution in [3.63, 3.8) is 0 Å². The number of halogens is 2. The maximum Gasteiger partial charge on any atom is 0.223 e. The second kappa shape index (κ2) is 6.36. The Morgan fingerprint density at radius 1 is 1.18 bits per heavy atom. The fourth-order valence-electron chi connectivity index (χ4n) is 2.62. The van der Waals surface area contributed by atoms with E-state index < -0.39 is 0 Å². The number of hydrogen-bond acceptors (Lipinski definition) is 5. The number of benzene rings is 1. The Hall–Kier alpha value is -2.08. The highest BCUT2D eigenvalue weighted by molar-refractivity contribution is 6.29. The van der Waals surface area contributed by atoms with Gasteiger partial charge in [0.05, 0.1) is 0 Å². The first-order chi connectivity index (χ1) is 10.6. The van der Waals surface area contributed by atoms with Crippen LogP contribution in [0.25, 0.3) is 0 Å². The lowest BCUT2D eigenvalue weighted by molar-refractivity contribution is 0.523. The van der Waals surface area contributed by atoms with Gasteiger partial charge in [-0.1, -0.05) is 11.6 Å². The molecular formula is C15H17ClFN5. The van der Waals surface area contributed by atoms with Gasteiger partial charge in [-0.05, 0) is 37.1 Å². The second-order valence-electron chi connectivity index (χ2n) is 5.32. The molecule has 1 aromatic carbocycles. The van der Waals surface area contributed by atoms with Gasteiger partial charge in [0.25, 0.3) is 0 Å². The Bertz CT molecular complexity index is 621. The topological polar surface area (TPSA) is 67.1 Å². The number of hydrogen-bond donors (Lipinski definition) is 2. The largest absolute Gasteiger partial charge is 0.382 e. The van der Waals surface area contributed by atoms with E-state index in [2.05, 4.69) is 20.2 Å². The van der Waals surface area contributed by atoms with E-state index in [0.29, 0.717) is 11.2 Å². The number of nitrogen functional groups attached to an aromatic ring is 1. The molecule has 0 spiro atoms. The van der Waals surface area contributed by atoms with Crippen molar-refractivity contribution < 1.29 is 4.39 Å². The summed E-state index contributed by atoms with van der Waals surface area (Å²) in [6.07, 6.45) is 1.91.